The van der Waals surface area contributed by atoms with Crippen LogP contribution >= 0.6 is 38.9 Å². The van der Waals surface area contributed by atoms with Gasteiger partial charge in [0.2, 0.25) is 0 Å². The molecule has 1 unspecified atom stereocenters. The van der Waals surface area contributed by atoms with Gasteiger partial charge in [0.15, 0.2) is 0 Å². The Morgan fingerprint density at radius 3 is 2.85 bits per heavy atom. The van der Waals surface area contributed by atoms with Crippen LogP contribution in [0.25, 0.3) is 0 Å². The van der Waals surface area contributed by atoms with Crippen LogP contribution in [0.5, 0.6) is 0 Å². The highest BCUT2D eigenvalue weighted by Gasteiger charge is 2.11. The van der Waals surface area contributed by atoms with Crippen molar-refractivity contribution in [3.63, 3.8) is 0 Å². The standard InChI is InChI=1S/C8H8BrClO2S/c9-7-3-2-6(13-7)5(10)1-4-8(11)12/h2-3,5H,1,4H2,(H,11,12). The van der Waals surface area contributed by atoms with Gasteiger partial charge in [-0.3, -0.25) is 4.79 Å². The van der Waals surface area contributed by atoms with Gasteiger partial charge in [0, 0.05) is 11.3 Å². The van der Waals surface area contributed by atoms with E-state index in [1.54, 1.807) is 0 Å². The second-order valence-electron chi connectivity index (χ2n) is 2.54. The summed E-state index contributed by atoms with van der Waals surface area (Å²) in [5.74, 6) is -0.804. The predicted octanol–water partition coefficient (Wildman–Crippen LogP) is 3.66. The zero-order chi connectivity index (χ0) is 9.84. The third kappa shape index (κ3) is 3.67. The van der Waals surface area contributed by atoms with E-state index in [0.29, 0.717) is 6.42 Å². The van der Waals surface area contributed by atoms with E-state index in [1.165, 1.54) is 11.3 Å². The molecule has 1 aromatic heterocycles. The largest absolute Gasteiger partial charge is 0.481 e. The molecule has 0 aliphatic heterocycles. The minimum atomic E-state index is -0.804. The third-order valence-electron chi connectivity index (χ3n) is 1.51. The topological polar surface area (TPSA) is 37.3 Å². The fourth-order valence-corrected chi connectivity index (χ4v) is 2.64. The Labute approximate surface area is 93.7 Å². The molecule has 1 N–H and O–H groups in total. The highest BCUT2D eigenvalue weighted by Crippen LogP contribution is 2.33. The maximum atomic E-state index is 10.3. The normalized spacial score (nSPS) is 12.8. The summed E-state index contributed by atoms with van der Waals surface area (Å²) in [4.78, 5) is 11.3. The summed E-state index contributed by atoms with van der Waals surface area (Å²) in [7, 11) is 0. The first-order valence-corrected chi connectivity index (χ1v) is 5.75. The summed E-state index contributed by atoms with van der Waals surface area (Å²) in [6.45, 7) is 0. The molecule has 0 saturated carbocycles. The Kier molecular flexibility index (Phi) is 4.22. The average molecular weight is 284 g/mol. The molecule has 1 heterocycles. The molecular formula is C8H8BrClO2S. The van der Waals surface area contributed by atoms with Gasteiger partial charge in [-0.25, -0.2) is 0 Å². The lowest BCUT2D eigenvalue weighted by Gasteiger charge is -2.03. The summed E-state index contributed by atoms with van der Waals surface area (Å²) in [6, 6.07) is 3.82. The van der Waals surface area contributed by atoms with Gasteiger partial charge in [-0.1, -0.05) is 0 Å². The van der Waals surface area contributed by atoms with E-state index < -0.39 is 5.97 Å². The van der Waals surface area contributed by atoms with Gasteiger partial charge in [-0.15, -0.1) is 22.9 Å². The van der Waals surface area contributed by atoms with Gasteiger partial charge < -0.3 is 5.11 Å². The van der Waals surface area contributed by atoms with Crippen LogP contribution in [0.1, 0.15) is 23.1 Å². The lowest BCUT2D eigenvalue weighted by molar-refractivity contribution is -0.137. The fourth-order valence-electron chi connectivity index (χ4n) is 0.889. The van der Waals surface area contributed by atoms with E-state index in [0.717, 1.165) is 8.66 Å². The lowest BCUT2D eigenvalue weighted by atomic mass is 10.2. The summed E-state index contributed by atoms with van der Waals surface area (Å²) >= 11 is 10.9. The Hall–Kier alpha value is -0.0600. The van der Waals surface area contributed by atoms with Gasteiger partial charge in [0.1, 0.15) is 0 Å². The Bertz CT molecular complexity index is 300. The van der Waals surface area contributed by atoms with Crippen molar-refractivity contribution < 1.29 is 9.90 Å². The molecular weight excluding hydrogens is 276 g/mol. The molecule has 0 aliphatic rings. The number of carboxylic acids is 1. The second-order valence-corrected chi connectivity index (χ2v) is 5.56. The molecule has 72 valence electrons. The number of carbonyl (C=O) groups is 1. The number of alkyl halides is 1. The van der Waals surface area contributed by atoms with Crippen molar-refractivity contribution in [1.29, 1.82) is 0 Å². The molecule has 0 aromatic carbocycles. The van der Waals surface area contributed by atoms with E-state index in [9.17, 15) is 4.79 Å². The van der Waals surface area contributed by atoms with E-state index in [1.807, 2.05) is 12.1 Å². The summed E-state index contributed by atoms with van der Waals surface area (Å²) in [6.07, 6.45) is 0.591. The molecule has 0 aliphatic carbocycles. The molecule has 0 spiro atoms. The van der Waals surface area contributed by atoms with Crippen LogP contribution in [-0.2, 0) is 4.79 Å². The average Bonchev–Trinajstić information content (AvgIpc) is 2.47. The van der Waals surface area contributed by atoms with Gasteiger partial charge in [0.25, 0.3) is 0 Å². The van der Waals surface area contributed by atoms with Crippen LogP contribution in [0.3, 0.4) is 0 Å². The minimum Gasteiger partial charge on any atom is -0.481 e. The van der Waals surface area contributed by atoms with Crippen LogP contribution in [-0.4, -0.2) is 11.1 Å². The van der Waals surface area contributed by atoms with E-state index in [-0.39, 0.29) is 11.8 Å². The molecule has 1 rings (SSSR count). The monoisotopic (exact) mass is 282 g/mol. The fraction of sp³-hybridized carbons (Fsp3) is 0.375. The first kappa shape index (κ1) is 11.0. The van der Waals surface area contributed by atoms with Crippen molar-refractivity contribution in [2.75, 3.05) is 0 Å². The number of hydrogen-bond donors (Lipinski definition) is 1. The Morgan fingerprint density at radius 1 is 1.69 bits per heavy atom. The van der Waals surface area contributed by atoms with Gasteiger partial charge in [-0.2, -0.15) is 0 Å². The van der Waals surface area contributed by atoms with Crippen LogP contribution in [0.4, 0.5) is 0 Å². The van der Waals surface area contributed by atoms with Gasteiger partial charge >= 0.3 is 5.97 Å². The number of carboxylic acid groups (broad SMARTS) is 1. The van der Waals surface area contributed by atoms with Crippen LogP contribution in [0.15, 0.2) is 15.9 Å². The summed E-state index contributed by atoms with van der Waals surface area (Å²) < 4.78 is 1.02. The van der Waals surface area contributed by atoms with Crippen molar-refractivity contribution in [2.24, 2.45) is 0 Å². The maximum absolute atomic E-state index is 10.3. The summed E-state index contributed by atoms with van der Waals surface area (Å²) in [5.41, 5.74) is 0. The lowest BCUT2D eigenvalue weighted by Crippen LogP contribution is -1.96. The van der Waals surface area contributed by atoms with Crippen LogP contribution < -0.4 is 0 Å². The highest BCUT2D eigenvalue weighted by atomic mass is 79.9. The molecule has 0 bridgehead atoms. The van der Waals surface area contributed by atoms with E-state index in [2.05, 4.69) is 15.9 Å². The number of halogens is 2. The molecule has 5 heteroatoms. The Morgan fingerprint density at radius 2 is 2.38 bits per heavy atom. The van der Waals surface area contributed by atoms with Crippen LogP contribution in [0.2, 0.25) is 0 Å². The first-order valence-electron chi connectivity index (χ1n) is 3.70. The Balaban J connectivity index is 2.48. The molecule has 0 amide bonds. The molecule has 0 saturated heterocycles. The first-order chi connectivity index (χ1) is 6.09. The van der Waals surface area contributed by atoms with Gasteiger partial charge in [0.05, 0.1) is 9.16 Å². The number of rotatable bonds is 4. The van der Waals surface area contributed by atoms with Crippen molar-refractivity contribution in [2.45, 2.75) is 18.2 Å². The highest BCUT2D eigenvalue weighted by molar-refractivity contribution is 9.11. The quantitative estimate of drug-likeness (QED) is 0.856. The number of aliphatic carboxylic acids is 1. The van der Waals surface area contributed by atoms with Crippen LogP contribution in [0, 0.1) is 0 Å². The van der Waals surface area contributed by atoms with Crippen molar-refractivity contribution in [3.05, 3.63) is 20.8 Å². The summed E-state index contributed by atoms with van der Waals surface area (Å²) in [5, 5.41) is 8.26. The maximum Gasteiger partial charge on any atom is 0.303 e. The van der Waals surface area contributed by atoms with Gasteiger partial charge in [-0.05, 0) is 34.5 Å². The molecule has 0 radical (unpaired) electrons. The molecule has 13 heavy (non-hydrogen) atoms. The second kappa shape index (κ2) is 4.98. The smallest absolute Gasteiger partial charge is 0.303 e. The third-order valence-corrected chi connectivity index (χ3v) is 3.83. The van der Waals surface area contributed by atoms with Crippen molar-refractivity contribution in [3.8, 4) is 0 Å². The van der Waals surface area contributed by atoms with Crippen molar-refractivity contribution >= 4 is 44.8 Å². The molecule has 1 aromatic rings. The van der Waals surface area contributed by atoms with E-state index >= 15 is 0 Å². The zero-order valence-corrected chi connectivity index (χ0v) is 9.82. The minimum absolute atomic E-state index is 0.115. The van der Waals surface area contributed by atoms with E-state index in [4.69, 9.17) is 16.7 Å². The molecule has 2 nitrogen and oxygen atoms in total. The zero-order valence-electron chi connectivity index (χ0n) is 6.67. The predicted molar refractivity (Wildman–Crippen MR) is 57.5 cm³/mol. The number of hydrogen-bond acceptors (Lipinski definition) is 2. The molecule has 1 atom stereocenters. The molecule has 0 fully saturated rings. The number of thiophene rings is 1. The SMILES string of the molecule is O=C(O)CCC(Cl)c1ccc(Br)s1. The van der Waals surface area contributed by atoms with Crippen molar-refractivity contribution in [1.82, 2.24) is 0 Å².